The van der Waals surface area contributed by atoms with Crippen molar-refractivity contribution in [2.45, 2.75) is 6.92 Å². The van der Waals surface area contributed by atoms with Gasteiger partial charge in [0.15, 0.2) is 5.69 Å². The van der Waals surface area contributed by atoms with Crippen LogP contribution in [0.5, 0.6) is 5.75 Å². The maximum atomic E-state index is 11.6. The highest BCUT2D eigenvalue weighted by Gasteiger charge is 2.15. The van der Waals surface area contributed by atoms with Gasteiger partial charge in [-0.25, -0.2) is 4.79 Å². The molecule has 0 amide bonds. The van der Waals surface area contributed by atoms with E-state index in [4.69, 9.17) is 9.47 Å². The summed E-state index contributed by atoms with van der Waals surface area (Å²) in [5.74, 6) is 0.251. The molecule has 16 heavy (non-hydrogen) atoms. The first-order chi connectivity index (χ1) is 7.76. The molecule has 0 fully saturated rings. The number of carbonyl (C=O) groups excluding carboxylic acids is 1. The van der Waals surface area contributed by atoms with E-state index in [0.29, 0.717) is 17.7 Å². The molecule has 1 aromatic heterocycles. The Labute approximate surface area is 92.4 Å². The molecule has 1 heterocycles. The molecule has 1 aromatic carbocycles. The molecule has 0 aliphatic carbocycles. The van der Waals surface area contributed by atoms with Gasteiger partial charge in [-0.15, -0.1) is 0 Å². The number of benzene rings is 1. The highest BCUT2D eigenvalue weighted by Crippen LogP contribution is 2.22. The molecule has 0 saturated carbocycles. The van der Waals surface area contributed by atoms with E-state index in [9.17, 15) is 4.79 Å². The quantitative estimate of drug-likeness (QED) is 0.800. The second-order valence-electron chi connectivity index (χ2n) is 3.20. The minimum absolute atomic E-state index is 0.288. The smallest absolute Gasteiger partial charge is 0.359 e. The average Bonchev–Trinajstić information content (AvgIpc) is 2.71. The number of aromatic nitrogens is 2. The van der Waals surface area contributed by atoms with E-state index >= 15 is 0 Å². The zero-order valence-corrected chi connectivity index (χ0v) is 9.11. The average molecular weight is 220 g/mol. The van der Waals surface area contributed by atoms with Gasteiger partial charge in [0.05, 0.1) is 19.2 Å². The third-order valence-electron chi connectivity index (χ3n) is 2.24. The predicted molar refractivity (Wildman–Crippen MR) is 58.6 cm³/mol. The highest BCUT2D eigenvalue weighted by atomic mass is 16.5. The molecule has 84 valence electrons. The Balaban J connectivity index is 2.49. The first kappa shape index (κ1) is 10.5. The summed E-state index contributed by atoms with van der Waals surface area (Å²) in [6, 6.07) is 5.37. The monoisotopic (exact) mass is 220 g/mol. The molecule has 2 rings (SSSR count). The molecular formula is C11H12N2O3. The van der Waals surface area contributed by atoms with Gasteiger partial charge in [-0.2, -0.15) is 5.10 Å². The summed E-state index contributed by atoms with van der Waals surface area (Å²) in [5.41, 5.74) is 1.07. The second-order valence-corrected chi connectivity index (χ2v) is 3.20. The first-order valence-electron chi connectivity index (χ1n) is 4.95. The van der Waals surface area contributed by atoms with Crippen molar-refractivity contribution in [2.24, 2.45) is 0 Å². The molecule has 5 nitrogen and oxygen atoms in total. The summed E-state index contributed by atoms with van der Waals surface area (Å²) < 4.78 is 10.00. The highest BCUT2D eigenvalue weighted by molar-refractivity contribution is 6.02. The normalized spacial score (nSPS) is 10.4. The van der Waals surface area contributed by atoms with Gasteiger partial charge in [-0.1, -0.05) is 0 Å². The Hall–Kier alpha value is -2.04. The lowest BCUT2D eigenvalue weighted by atomic mass is 10.2. The van der Waals surface area contributed by atoms with Crippen molar-refractivity contribution in [1.29, 1.82) is 0 Å². The number of hydrogen-bond donors (Lipinski definition) is 1. The number of nitrogens with zero attached hydrogens (tertiary/aromatic N) is 1. The van der Waals surface area contributed by atoms with E-state index in [-0.39, 0.29) is 5.69 Å². The van der Waals surface area contributed by atoms with Crippen LogP contribution in [0.2, 0.25) is 0 Å². The zero-order valence-electron chi connectivity index (χ0n) is 9.11. The van der Waals surface area contributed by atoms with E-state index in [1.165, 1.54) is 0 Å². The van der Waals surface area contributed by atoms with Gasteiger partial charge in [-0.05, 0) is 25.1 Å². The summed E-state index contributed by atoms with van der Waals surface area (Å²) >= 11 is 0. The number of esters is 1. The number of hydrogen-bond acceptors (Lipinski definition) is 4. The van der Waals surface area contributed by atoms with Gasteiger partial charge in [-0.3, -0.25) is 5.10 Å². The third kappa shape index (κ3) is 1.71. The lowest BCUT2D eigenvalue weighted by molar-refractivity contribution is 0.0521. The van der Waals surface area contributed by atoms with Crippen molar-refractivity contribution in [2.75, 3.05) is 13.7 Å². The fraction of sp³-hybridized carbons (Fsp3) is 0.273. The summed E-state index contributed by atoms with van der Waals surface area (Å²) in [5, 5.41) is 7.41. The van der Waals surface area contributed by atoms with Crippen LogP contribution in [0.15, 0.2) is 18.2 Å². The van der Waals surface area contributed by atoms with Crippen LogP contribution in [0.1, 0.15) is 17.4 Å². The molecule has 2 aromatic rings. The van der Waals surface area contributed by atoms with E-state index in [1.54, 1.807) is 26.2 Å². The third-order valence-corrected chi connectivity index (χ3v) is 2.24. The molecule has 5 heteroatoms. The van der Waals surface area contributed by atoms with Crippen LogP contribution in [0.4, 0.5) is 0 Å². The van der Waals surface area contributed by atoms with E-state index in [1.807, 2.05) is 6.07 Å². The Morgan fingerprint density at radius 3 is 3.00 bits per heavy atom. The number of methoxy groups -OCH3 is 1. The molecule has 0 aliphatic heterocycles. The van der Waals surface area contributed by atoms with Crippen molar-refractivity contribution in [3.63, 3.8) is 0 Å². The standard InChI is InChI=1S/C11H12N2O3/c1-3-16-11(14)10-8-6-7(15-2)4-5-9(8)12-13-10/h4-6H,3H2,1-2H3,(H,12,13). The number of H-pyrrole nitrogens is 1. The van der Waals surface area contributed by atoms with E-state index in [2.05, 4.69) is 10.2 Å². The molecule has 0 radical (unpaired) electrons. The number of ether oxygens (including phenoxy) is 2. The van der Waals surface area contributed by atoms with Crippen LogP contribution in [0, 0.1) is 0 Å². The fourth-order valence-electron chi connectivity index (χ4n) is 1.48. The van der Waals surface area contributed by atoms with Crippen molar-refractivity contribution < 1.29 is 14.3 Å². The summed E-state index contributed by atoms with van der Waals surface area (Å²) in [7, 11) is 1.57. The molecular weight excluding hydrogens is 208 g/mol. The molecule has 1 N–H and O–H groups in total. The predicted octanol–water partition coefficient (Wildman–Crippen LogP) is 1.75. The molecule has 0 aliphatic rings. The summed E-state index contributed by atoms with van der Waals surface area (Å²) in [6.07, 6.45) is 0. The van der Waals surface area contributed by atoms with Gasteiger partial charge in [0, 0.05) is 5.39 Å². The Kier molecular flexibility index (Phi) is 2.76. The maximum Gasteiger partial charge on any atom is 0.359 e. The SMILES string of the molecule is CCOC(=O)c1n[nH]c2ccc(OC)cc12. The number of aromatic amines is 1. The minimum Gasteiger partial charge on any atom is -0.497 e. The van der Waals surface area contributed by atoms with Crippen LogP contribution in [0.25, 0.3) is 10.9 Å². The minimum atomic E-state index is -0.429. The van der Waals surface area contributed by atoms with Gasteiger partial charge in [0.1, 0.15) is 5.75 Å². The molecule has 0 spiro atoms. The number of fused-ring (bicyclic) bond motifs is 1. The molecule has 0 atom stereocenters. The Morgan fingerprint density at radius 2 is 2.31 bits per heavy atom. The van der Waals surface area contributed by atoms with Gasteiger partial charge >= 0.3 is 5.97 Å². The van der Waals surface area contributed by atoms with Crippen LogP contribution in [-0.2, 0) is 4.74 Å². The van der Waals surface area contributed by atoms with Crippen LogP contribution < -0.4 is 4.74 Å². The largest absolute Gasteiger partial charge is 0.497 e. The van der Waals surface area contributed by atoms with Crippen LogP contribution >= 0.6 is 0 Å². The molecule has 0 saturated heterocycles. The topological polar surface area (TPSA) is 64.2 Å². The Bertz CT molecular complexity index is 519. The van der Waals surface area contributed by atoms with E-state index < -0.39 is 5.97 Å². The second kappa shape index (κ2) is 4.22. The summed E-state index contributed by atoms with van der Waals surface area (Å²) in [4.78, 5) is 11.6. The number of nitrogens with one attached hydrogen (secondary N) is 1. The van der Waals surface area contributed by atoms with Gasteiger partial charge in [0.25, 0.3) is 0 Å². The maximum absolute atomic E-state index is 11.6. The van der Waals surface area contributed by atoms with Crippen molar-refractivity contribution in [1.82, 2.24) is 10.2 Å². The van der Waals surface area contributed by atoms with Crippen LogP contribution in [-0.4, -0.2) is 29.9 Å². The van der Waals surface area contributed by atoms with Crippen LogP contribution in [0.3, 0.4) is 0 Å². The van der Waals surface area contributed by atoms with Gasteiger partial charge in [0.2, 0.25) is 0 Å². The number of carbonyl (C=O) groups is 1. The van der Waals surface area contributed by atoms with Crippen molar-refractivity contribution >= 4 is 16.9 Å². The Morgan fingerprint density at radius 1 is 1.50 bits per heavy atom. The zero-order chi connectivity index (χ0) is 11.5. The van der Waals surface area contributed by atoms with Crippen molar-refractivity contribution in [3.05, 3.63) is 23.9 Å². The van der Waals surface area contributed by atoms with Gasteiger partial charge < -0.3 is 9.47 Å². The fourth-order valence-corrected chi connectivity index (χ4v) is 1.48. The lowest BCUT2D eigenvalue weighted by Gasteiger charge is -2.00. The molecule has 0 unspecified atom stereocenters. The number of rotatable bonds is 3. The van der Waals surface area contributed by atoms with E-state index in [0.717, 1.165) is 5.52 Å². The summed E-state index contributed by atoms with van der Waals surface area (Å²) in [6.45, 7) is 2.09. The first-order valence-corrected chi connectivity index (χ1v) is 4.95. The molecule has 0 bridgehead atoms. The van der Waals surface area contributed by atoms with Crippen molar-refractivity contribution in [3.8, 4) is 5.75 Å². The lowest BCUT2D eigenvalue weighted by Crippen LogP contribution is -2.05.